The summed E-state index contributed by atoms with van der Waals surface area (Å²) in [5.41, 5.74) is 1.89. The molecule has 25 heavy (non-hydrogen) atoms. The Labute approximate surface area is 151 Å². The molecular formula is C18H17ClN4O2. The molecule has 0 aliphatic carbocycles. The topological polar surface area (TPSA) is 85.2 Å². The quantitative estimate of drug-likeness (QED) is 0.833. The van der Waals surface area contributed by atoms with Gasteiger partial charge in [0.25, 0.3) is 0 Å². The summed E-state index contributed by atoms with van der Waals surface area (Å²) in [4.78, 5) is 25.4. The van der Waals surface area contributed by atoms with Crippen LogP contribution in [0.3, 0.4) is 0 Å². The first-order valence-corrected chi connectivity index (χ1v) is 7.89. The summed E-state index contributed by atoms with van der Waals surface area (Å²) >= 11 is 5.79. The third kappa shape index (κ3) is 5.83. The van der Waals surface area contributed by atoms with Gasteiger partial charge in [0.15, 0.2) is 0 Å². The van der Waals surface area contributed by atoms with Crippen LogP contribution in [0.15, 0.2) is 48.5 Å². The van der Waals surface area contributed by atoms with Crippen LogP contribution in [0, 0.1) is 11.3 Å². The van der Waals surface area contributed by atoms with Crippen molar-refractivity contribution in [1.82, 2.24) is 4.90 Å². The highest BCUT2D eigenvalue weighted by molar-refractivity contribution is 6.30. The molecule has 0 unspecified atom stereocenters. The molecule has 2 aromatic carbocycles. The number of amides is 2. The number of carbonyl (C=O) groups excluding carboxylic acids is 2. The van der Waals surface area contributed by atoms with Crippen LogP contribution >= 0.6 is 11.6 Å². The van der Waals surface area contributed by atoms with Gasteiger partial charge in [0, 0.05) is 23.4 Å². The van der Waals surface area contributed by atoms with Gasteiger partial charge in [-0.2, -0.15) is 5.26 Å². The molecular weight excluding hydrogens is 340 g/mol. The van der Waals surface area contributed by atoms with Crippen molar-refractivity contribution in [2.45, 2.75) is 0 Å². The van der Waals surface area contributed by atoms with Crippen LogP contribution in [-0.2, 0) is 9.59 Å². The van der Waals surface area contributed by atoms with Crippen LogP contribution in [-0.4, -0.2) is 36.9 Å². The third-order valence-corrected chi connectivity index (χ3v) is 3.64. The Bertz CT molecular complexity index is 782. The SMILES string of the molecule is CN(CC(=O)Nc1ccc(Cl)cc1)C(=O)CNc1ccc(C#N)cc1. The molecule has 0 radical (unpaired) electrons. The second-order valence-corrected chi connectivity index (χ2v) is 5.78. The molecule has 0 saturated carbocycles. The van der Waals surface area contributed by atoms with Gasteiger partial charge in [-0.15, -0.1) is 0 Å². The number of rotatable bonds is 6. The molecule has 0 aliphatic heterocycles. The number of carbonyl (C=O) groups is 2. The Kier molecular flexibility index (Phi) is 6.38. The highest BCUT2D eigenvalue weighted by atomic mass is 35.5. The normalized spacial score (nSPS) is 9.80. The Morgan fingerprint density at radius 1 is 1.08 bits per heavy atom. The summed E-state index contributed by atoms with van der Waals surface area (Å²) in [7, 11) is 1.56. The smallest absolute Gasteiger partial charge is 0.243 e. The van der Waals surface area contributed by atoms with Gasteiger partial charge in [0.2, 0.25) is 11.8 Å². The molecule has 0 aromatic heterocycles. The lowest BCUT2D eigenvalue weighted by Gasteiger charge is -2.17. The summed E-state index contributed by atoms with van der Waals surface area (Å²) in [6, 6.07) is 15.5. The third-order valence-electron chi connectivity index (χ3n) is 3.39. The molecule has 0 fully saturated rings. The summed E-state index contributed by atoms with van der Waals surface area (Å²) in [5.74, 6) is -0.521. The Balaban J connectivity index is 1.79. The van der Waals surface area contributed by atoms with E-state index in [4.69, 9.17) is 16.9 Å². The predicted molar refractivity (Wildman–Crippen MR) is 97.4 cm³/mol. The molecule has 0 aliphatic rings. The van der Waals surface area contributed by atoms with Crippen LogP contribution in [0.2, 0.25) is 5.02 Å². The maximum absolute atomic E-state index is 12.1. The van der Waals surface area contributed by atoms with Gasteiger partial charge in [0.1, 0.15) is 0 Å². The van der Waals surface area contributed by atoms with Gasteiger partial charge in [-0.05, 0) is 48.5 Å². The number of benzene rings is 2. The lowest BCUT2D eigenvalue weighted by molar-refractivity contribution is -0.131. The molecule has 2 rings (SSSR count). The van der Waals surface area contributed by atoms with E-state index >= 15 is 0 Å². The number of nitrogens with zero attached hydrogens (tertiary/aromatic N) is 2. The minimum Gasteiger partial charge on any atom is -0.376 e. The van der Waals surface area contributed by atoms with Crippen molar-refractivity contribution in [3.05, 3.63) is 59.1 Å². The molecule has 128 valence electrons. The molecule has 0 bridgehead atoms. The minimum absolute atomic E-state index is 0.0522. The van der Waals surface area contributed by atoms with Crippen LogP contribution in [0.25, 0.3) is 0 Å². The monoisotopic (exact) mass is 356 g/mol. The van der Waals surface area contributed by atoms with E-state index in [1.54, 1.807) is 55.6 Å². The maximum atomic E-state index is 12.1. The van der Waals surface area contributed by atoms with Crippen molar-refractivity contribution in [2.75, 3.05) is 30.8 Å². The van der Waals surface area contributed by atoms with E-state index in [2.05, 4.69) is 10.6 Å². The van der Waals surface area contributed by atoms with Gasteiger partial charge < -0.3 is 15.5 Å². The molecule has 0 heterocycles. The number of halogens is 1. The van der Waals surface area contributed by atoms with Crippen molar-refractivity contribution in [3.8, 4) is 6.07 Å². The molecule has 7 heteroatoms. The van der Waals surface area contributed by atoms with Gasteiger partial charge in [0.05, 0.1) is 24.7 Å². The first-order valence-electron chi connectivity index (χ1n) is 7.51. The Hall–Kier alpha value is -3.04. The summed E-state index contributed by atoms with van der Waals surface area (Å²) in [6.07, 6.45) is 0. The average molecular weight is 357 g/mol. The van der Waals surface area contributed by atoms with E-state index < -0.39 is 0 Å². The first-order chi connectivity index (χ1) is 12.0. The van der Waals surface area contributed by atoms with Gasteiger partial charge in [-0.25, -0.2) is 0 Å². The number of nitriles is 1. The zero-order chi connectivity index (χ0) is 18.2. The standard InChI is InChI=1S/C18H17ClN4O2/c1-23(12-17(24)22-16-8-4-14(19)5-9-16)18(25)11-21-15-6-2-13(10-20)3-7-15/h2-9,21H,11-12H2,1H3,(H,22,24). The molecule has 6 nitrogen and oxygen atoms in total. The van der Waals surface area contributed by atoms with E-state index in [0.29, 0.717) is 16.3 Å². The zero-order valence-corrected chi connectivity index (χ0v) is 14.4. The number of nitrogens with one attached hydrogen (secondary N) is 2. The molecule has 0 saturated heterocycles. The second kappa shape index (κ2) is 8.71. The second-order valence-electron chi connectivity index (χ2n) is 5.35. The summed E-state index contributed by atoms with van der Waals surface area (Å²) in [5, 5.41) is 15.0. The molecule has 2 N–H and O–H groups in total. The van der Waals surface area contributed by atoms with Crippen LogP contribution in [0.1, 0.15) is 5.56 Å². The predicted octanol–water partition coefficient (Wildman–Crippen LogP) is 2.72. The van der Waals surface area contributed by atoms with Crippen molar-refractivity contribution < 1.29 is 9.59 Å². The maximum Gasteiger partial charge on any atom is 0.243 e. The van der Waals surface area contributed by atoms with Crippen LogP contribution in [0.4, 0.5) is 11.4 Å². The van der Waals surface area contributed by atoms with Gasteiger partial charge >= 0.3 is 0 Å². The Morgan fingerprint density at radius 3 is 2.28 bits per heavy atom. The Morgan fingerprint density at radius 2 is 1.68 bits per heavy atom. The molecule has 0 spiro atoms. The lowest BCUT2D eigenvalue weighted by Crippen LogP contribution is -2.38. The molecule has 0 atom stereocenters. The zero-order valence-electron chi connectivity index (χ0n) is 13.6. The van der Waals surface area contributed by atoms with E-state index in [1.807, 2.05) is 6.07 Å². The number of hydrogen-bond donors (Lipinski definition) is 2. The molecule has 2 amide bonds. The fraction of sp³-hybridized carbons (Fsp3) is 0.167. The van der Waals surface area contributed by atoms with Gasteiger partial charge in [-0.3, -0.25) is 9.59 Å². The summed E-state index contributed by atoms with van der Waals surface area (Å²) < 4.78 is 0. The lowest BCUT2D eigenvalue weighted by atomic mass is 10.2. The van der Waals surface area contributed by atoms with E-state index in [9.17, 15) is 9.59 Å². The van der Waals surface area contributed by atoms with Crippen molar-refractivity contribution in [3.63, 3.8) is 0 Å². The fourth-order valence-corrected chi connectivity index (χ4v) is 2.14. The largest absolute Gasteiger partial charge is 0.376 e. The highest BCUT2D eigenvalue weighted by Crippen LogP contribution is 2.13. The highest BCUT2D eigenvalue weighted by Gasteiger charge is 2.13. The van der Waals surface area contributed by atoms with E-state index in [1.165, 1.54) is 4.90 Å². The summed E-state index contributed by atoms with van der Waals surface area (Å²) in [6.45, 7) is -0.00681. The van der Waals surface area contributed by atoms with Gasteiger partial charge in [-0.1, -0.05) is 11.6 Å². The minimum atomic E-state index is -0.295. The van der Waals surface area contributed by atoms with Crippen molar-refractivity contribution in [2.24, 2.45) is 0 Å². The number of anilines is 2. The average Bonchev–Trinajstić information content (AvgIpc) is 2.62. The number of likely N-dealkylation sites (N-methyl/N-ethyl adjacent to an activating group) is 1. The fourth-order valence-electron chi connectivity index (χ4n) is 2.01. The first kappa shape index (κ1) is 18.3. The van der Waals surface area contributed by atoms with E-state index in [0.717, 1.165) is 5.69 Å². The van der Waals surface area contributed by atoms with E-state index in [-0.39, 0.29) is 24.9 Å². The van der Waals surface area contributed by atoms with Crippen LogP contribution < -0.4 is 10.6 Å². The molecule has 2 aromatic rings. The number of hydrogen-bond acceptors (Lipinski definition) is 4. The van der Waals surface area contributed by atoms with Crippen molar-refractivity contribution in [1.29, 1.82) is 5.26 Å². The van der Waals surface area contributed by atoms with Crippen molar-refractivity contribution >= 4 is 34.8 Å². The van der Waals surface area contributed by atoms with Crippen LogP contribution in [0.5, 0.6) is 0 Å².